The summed E-state index contributed by atoms with van der Waals surface area (Å²) in [6.07, 6.45) is -4.70. The molecule has 29 heavy (non-hydrogen) atoms. The molecule has 0 unspecified atom stereocenters. The van der Waals surface area contributed by atoms with Crippen molar-refractivity contribution in [2.75, 3.05) is 43.1 Å². The highest BCUT2D eigenvalue weighted by molar-refractivity contribution is 5.98. The minimum atomic E-state index is -4.70. The predicted octanol–water partition coefficient (Wildman–Crippen LogP) is 1.97. The van der Waals surface area contributed by atoms with Gasteiger partial charge in [0.1, 0.15) is 6.61 Å². The second kappa shape index (κ2) is 9.10. The quantitative estimate of drug-likeness (QED) is 0.659. The van der Waals surface area contributed by atoms with Gasteiger partial charge in [0.15, 0.2) is 0 Å². The van der Waals surface area contributed by atoms with Gasteiger partial charge < -0.3 is 26.0 Å². The molecule has 0 spiro atoms. The Kier molecular flexibility index (Phi) is 7.25. The smallest absolute Gasteiger partial charge is 0.370 e. The molecule has 0 aliphatic carbocycles. The number of anilines is 2. The van der Waals surface area contributed by atoms with Crippen LogP contribution in [0.2, 0.25) is 0 Å². The van der Waals surface area contributed by atoms with E-state index in [9.17, 15) is 22.8 Å². The fraction of sp³-hybridized carbons (Fsp3) is 0.579. The van der Waals surface area contributed by atoms with Crippen LogP contribution < -0.4 is 21.3 Å². The van der Waals surface area contributed by atoms with Crippen molar-refractivity contribution in [2.45, 2.75) is 33.0 Å². The summed E-state index contributed by atoms with van der Waals surface area (Å²) in [5.41, 5.74) is 4.25. The maximum Gasteiger partial charge on any atom is 0.418 e. The van der Waals surface area contributed by atoms with Crippen LogP contribution in [0.4, 0.5) is 24.5 Å². The fourth-order valence-corrected chi connectivity index (χ4v) is 2.79. The van der Waals surface area contributed by atoms with Crippen molar-refractivity contribution in [3.05, 3.63) is 23.8 Å². The lowest BCUT2D eigenvalue weighted by Crippen LogP contribution is -2.48. The van der Waals surface area contributed by atoms with Crippen molar-refractivity contribution in [2.24, 2.45) is 11.1 Å². The molecule has 10 heteroatoms. The highest BCUT2D eigenvalue weighted by atomic mass is 19.4. The molecule has 1 aromatic carbocycles. The third-order valence-corrected chi connectivity index (χ3v) is 4.28. The molecular formula is C19H27F3N4O3. The lowest BCUT2D eigenvalue weighted by molar-refractivity contribution is -0.137. The molecule has 7 nitrogen and oxygen atoms in total. The van der Waals surface area contributed by atoms with Crippen molar-refractivity contribution < 1.29 is 27.5 Å². The Labute approximate surface area is 167 Å². The van der Waals surface area contributed by atoms with E-state index >= 15 is 0 Å². The second-order valence-electron chi connectivity index (χ2n) is 8.05. The molecule has 0 bridgehead atoms. The lowest BCUT2D eigenvalue weighted by Gasteiger charge is -2.29. The number of benzene rings is 1. The monoisotopic (exact) mass is 416 g/mol. The highest BCUT2D eigenvalue weighted by Crippen LogP contribution is 2.38. The molecule has 1 atom stereocenters. The van der Waals surface area contributed by atoms with Crippen molar-refractivity contribution >= 4 is 23.2 Å². The van der Waals surface area contributed by atoms with E-state index in [-0.39, 0.29) is 43.1 Å². The van der Waals surface area contributed by atoms with Gasteiger partial charge in [0, 0.05) is 25.3 Å². The summed E-state index contributed by atoms with van der Waals surface area (Å²) in [7, 11) is 0. The zero-order chi connectivity index (χ0) is 21.8. The number of halogens is 3. The number of carbonyl (C=O) groups excluding carboxylic acids is 2. The third-order valence-electron chi connectivity index (χ3n) is 4.28. The maximum absolute atomic E-state index is 13.6. The third kappa shape index (κ3) is 6.41. The van der Waals surface area contributed by atoms with E-state index in [2.05, 4.69) is 10.6 Å². The minimum Gasteiger partial charge on any atom is -0.370 e. The number of nitrogens with one attached hydrogen (secondary N) is 2. The summed E-state index contributed by atoms with van der Waals surface area (Å²) in [5, 5.41) is 5.49. The summed E-state index contributed by atoms with van der Waals surface area (Å²) >= 11 is 0. The number of hydrogen-bond acceptors (Lipinski definition) is 5. The Morgan fingerprint density at radius 1 is 1.31 bits per heavy atom. The molecule has 162 valence electrons. The molecule has 2 amide bonds. The first kappa shape index (κ1) is 23.1. The summed E-state index contributed by atoms with van der Waals surface area (Å²) in [6.45, 7) is 6.35. The first-order chi connectivity index (χ1) is 13.4. The molecule has 1 fully saturated rings. The van der Waals surface area contributed by atoms with Gasteiger partial charge in [-0.2, -0.15) is 13.2 Å². The van der Waals surface area contributed by atoms with Crippen LogP contribution in [0.3, 0.4) is 0 Å². The van der Waals surface area contributed by atoms with E-state index in [4.69, 9.17) is 10.5 Å². The van der Waals surface area contributed by atoms with Gasteiger partial charge in [0.05, 0.1) is 23.9 Å². The molecule has 2 rings (SSSR count). The first-order valence-corrected chi connectivity index (χ1v) is 9.26. The van der Waals surface area contributed by atoms with Crippen molar-refractivity contribution in [3.8, 4) is 0 Å². The minimum absolute atomic E-state index is 0.00555. The number of rotatable bonds is 6. The number of ether oxygens (including phenoxy) is 1. The first-order valence-electron chi connectivity index (χ1n) is 9.26. The molecular weight excluding hydrogens is 389 g/mol. The maximum atomic E-state index is 13.6. The fourth-order valence-electron chi connectivity index (χ4n) is 2.79. The van der Waals surface area contributed by atoms with Gasteiger partial charge in [-0.1, -0.05) is 20.8 Å². The van der Waals surface area contributed by atoms with Crippen LogP contribution in [0, 0.1) is 5.41 Å². The Morgan fingerprint density at radius 3 is 2.55 bits per heavy atom. The largest absolute Gasteiger partial charge is 0.418 e. The molecule has 0 radical (unpaired) electrons. The number of hydrogen-bond donors (Lipinski definition) is 3. The van der Waals surface area contributed by atoms with Crippen molar-refractivity contribution in [1.29, 1.82) is 0 Å². The van der Waals surface area contributed by atoms with E-state index in [0.29, 0.717) is 6.54 Å². The van der Waals surface area contributed by atoms with Gasteiger partial charge in [-0.3, -0.25) is 9.59 Å². The van der Waals surface area contributed by atoms with E-state index in [1.54, 1.807) is 0 Å². The van der Waals surface area contributed by atoms with Crippen LogP contribution in [0.25, 0.3) is 0 Å². The summed E-state index contributed by atoms with van der Waals surface area (Å²) in [5.74, 6) is -1.08. The van der Waals surface area contributed by atoms with Crippen LogP contribution in [-0.4, -0.2) is 50.7 Å². The standard InChI is InChI=1S/C19H27F3N4O3/c1-18(2,3)11-24-14(9-23)17(28)25-12-4-5-15(13(8-12)19(20,21)22)26-6-7-29-10-16(26)27/h4-5,8,14,24H,6-7,9-11,23H2,1-3H3,(H,25,28)/t14-/m0/s1. The number of nitrogens with zero attached hydrogens (tertiary/aromatic N) is 1. The van der Waals surface area contributed by atoms with Gasteiger partial charge in [-0.25, -0.2) is 0 Å². The SMILES string of the molecule is CC(C)(C)CN[C@@H](CN)C(=O)Nc1ccc(N2CCOCC2=O)c(C(F)(F)F)c1. The average molecular weight is 416 g/mol. The van der Waals surface area contributed by atoms with Crippen LogP contribution in [0.15, 0.2) is 18.2 Å². The van der Waals surface area contributed by atoms with Crippen LogP contribution in [-0.2, 0) is 20.5 Å². The van der Waals surface area contributed by atoms with Gasteiger partial charge in [-0.05, 0) is 23.6 Å². The number of alkyl halides is 3. The number of amides is 2. The van der Waals surface area contributed by atoms with Crippen molar-refractivity contribution in [1.82, 2.24) is 5.32 Å². The number of nitrogens with two attached hydrogens (primary N) is 1. The molecule has 1 aromatic rings. The van der Waals surface area contributed by atoms with Crippen LogP contribution in [0.5, 0.6) is 0 Å². The second-order valence-corrected chi connectivity index (χ2v) is 8.05. The molecule has 1 saturated heterocycles. The molecule has 0 saturated carbocycles. The normalized spacial score (nSPS) is 16.7. The topological polar surface area (TPSA) is 96.7 Å². The van der Waals surface area contributed by atoms with E-state index < -0.39 is 29.6 Å². The Balaban J connectivity index is 2.23. The molecule has 0 aromatic heterocycles. The molecule has 4 N–H and O–H groups in total. The molecule has 1 aliphatic rings. The number of carbonyl (C=O) groups is 2. The zero-order valence-corrected chi connectivity index (χ0v) is 16.7. The van der Waals surface area contributed by atoms with Gasteiger partial charge >= 0.3 is 6.18 Å². The summed E-state index contributed by atoms with van der Waals surface area (Å²) in [4.78, 5) is 25.5. The molecule has 1 aliphatic heterocycles. The van der Waals surface area contributed by atoms with Crippen molar-refractivity contribution in [3.63, 3.8) is 0 Å². The number of morpholine rings is 1. The van der Waals surface area contributed by atoms with E-state index in [1.807, 2.05) is 20.8 Å². The van der Waals surface area contributed by atoms with Crippen LogP contribution >= 0.6 is 0 Å². The molecule has 1 heterocycles. The Hall–Kier alpha value is -2.17. The highest BCUT2D eigenvalue weighted by Gasteiger charge is 2.37. The van der Waals surface area contributed by atoms with Gasteiger partial charge in [0.25, 0.3) is 5.91 Å². The zero-order valence-electron chi connectivity index (χ0n) is 16.7. The van der Waals surface area contributed by atoms with Gasteiger partial charge in [0.2, 0.25) is 5.91 Å². The predicted molar refractivity (Wildman–Crippen MR) is 104 cm³/mol. The summed E-state index contributed by atoms with van der Waals surface area (Å²) in [6, 6.07) is 2.60. The van der Waals surface area contributed by atoms with Crippen LogP contribution in [0.1, 0.15) is 26.3 Å². The summed E-state index contributed by atoms with van der Waals surface area (Å²) < 4.78 is 45.8. The van der Waals surface area contributed by atoms with E-state index in [1.165, 1.54) is 12.1 Å². The lowest BCUT2D eigenvalue weighted by atomic mass is 9.96. The Bertz CT molecular complexity index is 747. The Morgan fingerprint density at radius 2 is 2.00 bits per heavy atom. The van der Waals surface area contributed by atoms with E-state index in [0.717, 1.165) is 11.0 Å². The average Bonchev–Trinajstić information content (AvgIpc) is 2.61. The van der Waals surface area contributed by atoms with Gasteiger partial charge in [-0.15, -0.1) is 0 Å².